The van der Waals surface area contributed by atoms with E-state index in [0.29, 0.717) is 29.0 Å². The smallest absolute Gasteiger partial charge is 0.338 e. The molecular weight excluding hydrogens is 484 g/mol. The number of allylic oxidation sites excluding steroid dienone is 1. The van der Waals surface area contributed by atoms with Crippen LogP contribution in [-0.4, -0.2) is 32.6 Å². The molecule has 8 heteroatoms. The lowest BCUT2D eigenvalue weighted by Crippen LogP contribution is -2.30. The van der Waals surface area contributed by atoms with Gasteiger partial charge in [-0.1, -0.05) is 75.9 Å². The van der Waals surface area contributed by atoms with Gasteiger partial charge in [0, 0.05) is 5.70 Å². The predicted molar refractivity (Wildman–Crippen MR) is 148 cm³/mol. The SMILES string of the molecule is CCSc1nc2n(n1)C(c1ccc(OCc3ccc(C(C)(C)C)cc3)cc1)C(C(=O)OC(C)C)=C(C)N2. The first-order valence-electron chi connectivity index (χ1n) is 12.7. The Hall–Kier alpha value is -3.26. The number of benzene rings is 2. The number of carbonyl (C=O) groups is 1. The number of nitrogens with one attached hydrogen (secondary N) is 1. The van der Waals surface area contributed by atoms with Crippen LogP contribution in [0.3, 0.4) is 0 Å². The summed E-state index contributed by atoms with van der Waals surface area (Å²) in [4.78, 5) is 17.8. The van der Waals surface area contributed by atoms with Crippen LogP contribution in [0.1, 0.15) is 71.2 Å². The van der Waals surface area contributed by atoms with Crippen LogP contribution in [0.5, 0.6) is 5.75 Å². The minimum Gasteiger partial charge on any atom is -0.489 e. The Kier molecular flexibility index (Phi) is 7.97. The van der Waals surface area contributed by atoms with E-state index in [0.717, 1.165) is 22.6 Å². The quantitative estimate of drug-likeness (QED) is 0.268. The topological polar surface area (TPSA) is 78.3 Å². The van der Waals surface area contributed by atoms with E-state index >= 15 is 0 Å². The number of anilines is 1. The number of rotatable bonds is 8. The lowest BCUT2D eigenvalue weighted by molar-refractivity contribution is -0.143. The fourth-order valence-corrected chi connectivity index (χ4v) is 4.74. The van der Waals surface area contributed by atoms with Crippen molar-refractivity contribution in [2.24, 2.45) is 0 Å². The van der Waals surface area contributed by atoms with E-state index in [4.69, 9.17) is 14.6 Å². The summed E-state index contributed by atoms with van der Waals surface area (Å²) in [7, 11) is 0. The van der Waals surface area contributed by atoms with E-state index in [-0.39, 0.29) is 17.5 Å². The summed E-state index contributed by atoms with van der Waals surface area (Å²) in [6, 6.07) is 15.9. The maximum atomic E-state index is 13.1. The summed E-state index contributed by atoms with van der Waals surface area (Å²) in [5, 5.41) is 8.60. The third-order valence-electron chi connectivity index (χ3n) is 6.09. The molecule has 0 aliphatic carbocycles. The van der Waals surface area contributed by atoms with Gasteiger partial charge in [0.2, 0.25) is 11.1 Å². The number of aromatic nitrogens is 3. The Labute approximate surface area is 223 Å². The van der Waals surface area contributed by atoms with Crippen LogP contribution in [0.2, 0.25) is 0 Å². The number of esters is 1. The fraction of sp³-hybridized carbons (Fsp3) is 0.414. The van der Waals surface area contributed by atoms with E-state index in [1.165, 1.54) is 5.56 Å². The lowest BCUT2D eigenvalue weighted by atomic mass is 9.87. The summed E-state index contributed by atoms with van der Waals surface area (Å²) < 4.78 is 13.4. The zero-order valence-electron chi connectivity index (χ0n) is 22.7. The molecule has 1 N–H and O–H groups in total. The first kappa shape index (κ1) is 26.8. The lowest BCUT2D eigenvalue weighted by Gasteiger charge is -2.28. The average molecular weight is 521 g/mol. The molecule has 2 aromatic carbocycles. The maximum absolute atomic E-state index is 13.1. The third kappa shape index (κ3) is 6.18. The Bertz CT molecular complexity index is 1270. The van der Waals surface area contributed by atoms with Crippen molar-refractivity contribution in [2.45, 2.75) is 77.8 Å². The Morgan fingerprint density at radius 3 is 2.38 bits per heavy atom. The molecule has 4 rings (SSSR count). The maximum Gasteiger partial charge on any atom is 0.338 e. The normalized spacial score (nSPS) is 15.4. The first-order chi connectivity index (χ1) is 17.6. The van der Waals surface area contributed by atoms with Gasteiger partial charge in [-0.15, -0.1) is 5.10 Å². The zero-order valence-corrected chi connectivity index (χ0v) is 23.5. The second-order valence-corrected chi connectivity index (χ2v) is 11.7. The molecular formula is C29H36N4O3S. The van der Waals surface area contributed by atoms with Crippen molar-refractivity contribution in [3.63, 3.8) is 0 Å². The van der Waals surface area contributed by atoms with E-state index in [9.17, 15) is 4.79 Å². The van der Waals surface area contributed by atoms with Crippen molar-refractivity contribution in [1.29, 1.82) is 0 Å². The molecule has 0 saturated carbocycles. The number of fused-ring (bicyclic) bond motifs is 1. The molecule has 2 heterocycles. The van der Waals surface area contributed by atoms with E-state index in [1.807, 2.05) is 45.0 Å². The van der Waals surface area contributed by atoms with E-state index in [1.54, 1.807) is 16.4 Å². The standard InChI is InChI=1S/C29H36N4O3S/c1-8-37-28-31-27-30-19(4)24(26(34)36-18(2)3)25(33(27)32-28)21-11-15-23(16-12-21)35-17-20-9-13-22(14-10-20)29(5,6)7/h9-16,18,25H,8,17H2,1-7H3,(H,30,31,32). The van der Waals surface area contributed by atoms with Crippen LogP contribution in [0.15, 0.2) is 65.0 Å². The molecule has 37 heavy (non-hydrogen) atoms. The number of hydrogen-bond donors (Lipinski definition) is 1. The van der Waals surface area contributed by atoms with E-state index in [2.05, 4.69) is 62.3 Å². The van der Waals surface area contributed by atoms with Gasteiger partial charge >= 0.3 is 5.97 Å². The molecule has 1 aliphatic rings. The highest BCUT2D eigenvalue weighted by atomic mass is 32.2. The summed E-state index contributed by atoms with van der Waals surface area (Å²) >= 11 is 1.56. The number of thioether (sulfide) groups is 1. The van der Waals surface area contributed by atoms with Gasteiger partial charge in [-0.25, -0.2) is 9.48 Å². The molecule has 0 bridgehead atoms. The first-order valence-corrected chi connectivity index (χ1v) is 13.7. The van der Waals surface area contributed by atoms with Crippen LogP contribution >= 0.6 is 11.8 Å². The summed E-state index contributed by atoms with van der Waals surface area (Å²) in [6.07, 6.45) is -0.231. The van der Waals surface area contributed by atoms with Crippen molar-refractivity contribution in [3.8, 4) is 5.75 Å². The predicted octanol–water partition coefficient (Wildman–Crippen LogP) is 6.51. The van der Waals surface area contributed by atoms with Crippen LogP contribution in [0.25, 0.3) is 0 Å². The molecule has 1 aromatic heterocycles. The Morgan fingerprint density at radius 2 is 1.78 bits per heavy atom. The second kappa shape index (κ2) is 11.0. The Balaban J connectivity index is 1.58. The van der Waals surface area contributed by atoms with Crippen molar-refractivity contribution in [1.82, 2.24) is 14.8 Å². The largest absolute Gasteiger partial charge is 0.489 e. The van der Waals surface area contributed by atoms with Crippen molar-refractivity contribution in [2.75, 3.05) is 11.1 Å². The zero-order chi connectivity index (χ0) is 26.7. The minimum atomic E-state index is -0.458. The van der Waals surface area contributed by atoms with Gasteiger partial charge in [-0.3, -0.25) is 0 Å². The van der Waals surface area contributed by atoms with Gasteiger partial charge < -0.3 is 14.8 Å². The highest BCUT2D eigenvalue weighted by molar-refractivity contribution is 7.99. The highest BCUT2D eigenvalue weighted by Gasteiger charge is 2.35. The van der Waals surface area contributed by atoms with Gasteiger partial charge in [-0.2, -0.15) is 4.98 Å². The van der Waals surface area contributed by atoms with Gasteiger partial charge in [0.25, 0.3) is 0 Å². The van der Waals surface area contributed by atoms with Crippen molar-refractivity contribution in [3.05, 3.63) is 76.5 Å². The van der Waals surface area contributed by atoms with Crippen molar-refractivity contribution >= 4 is 23.7 Å². The van der Waals surface area contributed by atoms with E-state index < -0.39 is 6.04 Å². The van der Waals surface area contributed by atoms with Gasteiger partial charge in [0.1, 0.15) is 18.4 Å². The van der Waals surface area contributed by atoms with Crippen LogP contribution < -0.4 is 10.1 Å². The van der Waals surface area contributed by atoms with Crippen LogP contribution in [0, 0.1) is 0 Å². The highest BCUT2D eigenvalue weighted by Crippen LogP contribution is 2.37. The van der Waals surface area contributed by atoms with Gasteiger partial charge in [0.15, 0.2) is 0 Å². The minimum absolute atomic E-state index is 0.122. The summed E-state index contributed by atoms with van der Waals surface area (Å²) in [6.45, 7) is 14.7. The molecule has 3 aromatic rings. The molecule has 1 aliphatic heterocycles. The van der Waals surface area contributed by atoms with Crippen LogP contribution in [0.4, 0.5) is 5.95 Å². The molecule has 1 atom stereocenters. The summed E-state index contributed by atoms with van der Waals surface area (Å²) in [5.74, 6) is 1.85. The molecule has 1 unspecified atom stereocenters. The fourth-order valence-electron chi connectivity index (χ4n) is 4.19. The molecule has 0 radical (unpaired) electrons. The third-order valence-corrected chi connectivity index (χ3v) is 6.81. The molecule has 0 spiro atoms. The molecule has 7 nitrogen and oxygen atoms in total. The molecule has 0 amide bonds. The number of ether oxygens (including phenoxy) is 2. The molecule has 196 valence electrons. The number of carbonyl (C=O) groups excluding carboxylic acids is 1. The molecule has 0 fully saturated rings. The van der Waals surface area contributed by atoms with Gasteiger partial charge in [0.05, 0.1) is 11.7 Å². The molecule has 0 saturated heterocycles. The average Bonchev–Trinajstić information content (AvgIpc) is 3.23. The van der Waals surface area contributed by atoms with Crippen molar-refractivity contribution < 1.29 is 14.3 Å². The Morgan fingerprint density at radius 1 is 1.11 bits per heavy atom. The second-order valence-electron chi connectivity index (χ2n) is 10.4. The number of nitrogens with zero attached hydrogens (tertiary/aromatic N) is 3. The van der Waals surface area contributed by atoms with Gasteiger partial charge in [-0.05, 0) is 60.8 Å². The van der Waals surface area contributed by atoms with Crippen LogP contribution in [-0.2, 0) is 21.6 Å². The summed E-state index contributed by atoms with van der Waals surface area (Å²) in [5.41, 5.74) is 4.66. The monoisotopic (exact) mass is 520 g/mol. The number of hydrogen-bond acceptors (Lipinski definition) is 7.